The fraction of sp³-hybridized carbons (Fsp3) is 0.214. The molecule has 0 aliphatic heterocycles. The lowest BCUT2D eigenvalue weighted by atomic mass is 10.3. The number of nitrogens with one attached hydrogen (secondary N) is 1. The summed E-state index contributed by atoms with van der Waals surface area (Å²) < 4.78 is 5.61. The van der Waals surface area contributed by atoms with E-state index in [9.17, 15) is 0 Å². The number of ether oxygens (including phenoxy) is 1. The summed E-state index contributed by atoms with van der Waals surface area (Å²) >= 11 is 6.14. The van der Waals surface area contributed by atoms with Gasteiger partial charge >= 0.3 is 0 Å². The maximum Gasteiger partial charge on any atom is 0.238 e. The van der Waals surface area contributed by atoms with E-state index in [-0.39, 0.29) is 0 Å². The lowest BCUT2D eigenvalue weighted by molar-refractivity contribution is 0.462. The number of benzene rings is 1. The minimum Gasteiger partial charge on any atom is -0.438 e. The first-order valence-corrected chi connectivity index (χ1v) is 6.25. The molecule has 0 saturated carbocycles. The average Bonchev–Trinajstić information content (AvgIpc) is 2.40. The molecule has 3 nitrogen and oxygen atoms in total. The lowest BCUT2D eigenvalue weighted by Gasteiger charge is -2.08. The summed E-state index contributed by atoms with van der Waals surface area (Å²) in [7, 11) is 0. The lowest BCUT2D eigenvalue weighted by Crippen LogP contribution is -2.11. The molecule has 1 aromatic carbocycles. The first kappa shape index (κ1) is 12.9. The van der Waals surface area contributed by atoms with Crippen LogP contribution in [0.1, 0.15) is 12.5 Å². The third-order valence-corrected chi connectivity index (χ3v) is 2.67. The Morgan fingerprint density at radius 3 is 2.72 bits per heavy atom. The quantitative estimate of drug-likeness (QED) is 0.893. The second-order valence-corrected chi connectivity index (χ2v) is 4.23. The Balaban J connectivity index is 2.10. The van der Waals surface area contributed by atoms with Crippen LogP contribution in [0.5, 0.6) is 11.6 Å². The highest BCUT2D eigenvalue weighted by Gasteiger charge is 2.05. The van der Waals surface area contributed by atoms with Crippen LogP contribution < -0.4 is 10.1 Å². The molecule has 0 fully saturated rings. The zero-order valence-corrected chi connectivity index (χ0v) is 10.9. The van der Waals surface area contributed by atoms with Crippen LogP contribution in [-0.2, 0) is 6.54 Å². The van der Waals surface area contributed by atoms with E-state index in [1.807, 2.05) is 36.4 Å². The highest BCUT2D eigenvalue weighted by molar-refractivity contribution is 6.31. The number of rotatable bonds is 5. The van der Waals surface area contributed by atoms with E-state index in [0.717, 1.165) is 24.4 Å². The summed E-state index contributed by atoms with van der Waals surface area (Å²) in [6, 6.07) is 11.3. The van der Waals surface area contributed by atoms with E-state index in [2.05, 4.69) is 17.2 Å². The molecular formula is C14H15ClN2O. The molecule has 94 valence electrons. The number of para-hydroxylation sites is 1. The van der Waals surface area contributed by atoms with Gasteiger partial charge in [0, 0.05) is 12.7 Å². The van der Waals surface area contributed by atoms with E-state index in [0.29, 0.717) is 10.9 Å². The van der Waals surface area contributed by atoms with Gasteiger partial charge in [0.2, 0.25) is 5.88 Å². The Morgan fingerprint density at radius 1 is 1.28 bits per heavy atom. The molecule has 2 rings (SSSR count). The normalized spacial score (nSPS) is 10.3. The van der Waals surface area contributed by atoms with E-state index < -0.39 is 0 Å². The zero-order valence-electron chi connectivity index (χ0n) is 10.2. The van der Waals surface area contributed by atoms with E-state index in [4.69, 9.17) is 16.3 Å². The predicted molar refractivity (Wildman–Crippen MR) is 73.1 cm³/mol. The van der Waals surface area contributed by atoms with Crippen molar-refractivity contribution in [2.24, 2.45) is 0 Å². The van der Waals surface area contributed by atoms with Gasteiger partial charge in [0.15, 0.2) is 0 Å². The maximum atomic E-state index is 6.14. The predicted octanol–water partition coefficient (Wildman–Crippen LogP) is 3.64. The summed E-state index contributed by atoms with van der Waals surface area (Å²) in [6.07, 6.45) is 1.77. The summed E-state index contributed by atoms with van der Waals surface area (Å²) in [4.78, 5) is 4.23. The molecule has 0 aliphatic carbocycles. The van der Waals surface area contributed by atoms with Gasteiger partial charge in [-0.3, -0.25) is 0 Å². The van der Waals surface area contributed by atoms with Gasteiger partial charge < -0.3 is 10.1 Å². The van der Waals surface area contributed by atoms with E-state index in [1.165, 1.54) is 0 Å². The molecule has 1 aromatic heterocycles. The Morgan fingerprint density at radius 2 is 2.06 bits per heavy atom. The zero-order chi connectivity index (χ0) is 12.8. The second kappa shape index (κ2) is 6.38. The third-order valence-electron chi connectivity index (χ3n) is 2.40. The number of hydrogen-bond acceptors (Lipinski definition) is 3. The van der Waals surface area contributed by atoms with Crippen molar-refractivity contribution in [3.63, 3.8) is 0 Å². The highest BCUT2D eigenvalue weighted by atomic mass is 35.5. The van der Waals surface area contributed by atoms with Crippen molar-refractivity contribution in [1.82, 2.24) is 10.3 Å². The summed E-state index contributed by atoms with van der Waals surface area (Å²) in [6.45, 7) is 3.73. The molecule has 0 saturated heterocycles. The first-order chi connectivity index (χ1) is 8.79. The summed E-state index contributed by atoms with van der Waals surface area (Å²) in [5, 5.41) is 3.74. The Hall–Kier alpha value is -1.58. The highest BCUT2D eigenvalue weighted by Crippen LogP contribution is 2.27. The van der Waals surface area contributed by atoms with Crippen LogP contribution in [0, 0.1) is 0 Å². The van der Waals surface area contributed by atoms with Crippen LogP contribution in [0.25, 0.3) is 0 Å². The maximum absolute atomic E-state index is 6.14. The number of aromatic nitrogens is 1. The van der Waals surface area contributed by atoms with Gasteiger partial charge in [-0.2, -0.15) is 0 Å². The monoisotopic (exact) mass is 262 g/mol. The Bertz CT molecular complexity index is 502. The molecule has 4 heteroatoms. The van der Waals surface area contributed by atoms with Crippen molar-refractivity contribution >= 4 is 11.6 Å². The van der Waals surface area contributed by atoms with Crippen LogP contribution in [-0.4, -0.2) is 11.5 Å². The minimum absolute atomic E-state index is 0.433. The van der Waals surface area contributed by atoms with Crippen LogP contribution in [0.4, 0.5) is 0 Å². The van der Waals surface area contributed by atoms with Gasteiger partial charge in [-0.15, -0.1) is 0 Å². The van der Waals surface area contributed by atoms with Crippen LogP contribution >= 0.6 is 11.6 Å². The second-order valence-electron chi connectivity index (χ2n) is 3.83. The molecule has 0 bridgehead atoms. The molecule has 2 aromatic rings. The standard InChI is InChI=1S/C14H15ClN2O/c1-2-16-9-11-8-13(15)14(17-10-11)18-12-6-4-3-5-7-12/h3-8,10,16H,2,9H2,1H3. The van der Waals surface area contributed by atoms with Gasteiger partial charge in [0.25, 0.3) is 0 Å². The fourth-order valence-electron chi connectivity index (χ4n) is 1.51. The summed E-state index contributed by atoms with van der Waals surface area (Å²) in [5.41, 5.74) is 1.04. The van der Waals surface area contributed by atoms with Gasteiger partial charge in [0.1, 0.15) is 10.8 Å². The molecule has 0 radical (unpaired) electrons. The van der Waals surface area contributed by atoms with Crippen LogP contribution in [0.2, 0.25) is 5.02 Å². The first-order valence-electron chi connectivity index (χ1n) is 5.87. The van der Waals surface area contributed by atoms with Crippen molar-refractivity contribution in [2.75, 3.05) is 6.54 Å². The molecule has 1 N–H and O–H groups in total. The van der Waals surface area contributed by atoms with Crippen molar-refractivity contribution < 1.29 is 4.74 Å². The molecule has 0 aliphatic rings. The average molecular weight is 263 g/mol. The molecule has 18 heavy (non-hydrogen) atoms. The van der Waals surface area contributed by atoms with Gasteiger partial charge in [-0.25, -0.2) is 4.98 Å². The van der Waals surface area contributed by atoms with Gasteiger partial charge in [0.05, 0.1) is 0 Å². The molecule has 0 spiro atoms. The molecule has 0 unspecified atom stereocenters. The van der Waals surface area contributed by atoms with Crippen LogP contribution in [0.15, 0.2) is 42.6 Å². The van der Waals surface area contributed by atoms with Crippen LogP contribution in [0.3, 0.4) is 0 Å². The van der Waals surface area contributed by atoms with Crippen molar-refractivity contribution in [1.29, 1.82) is 0 Å². The number of hydrogen-bond donors (Lipinski definition) is 1. The SMILES string of the molecule is CCNCc1cnc(Oc2ccccc2)c(Cl)c1. The van der Waals surface area contributed by atoms with Crippen molar-refractivity contribution in [2.45, 2.75) is 13.5 Å². The third kappa shape index (κ3) is 3.45. The molecule has 0 atom stereocenters. The number of halogens is 1. The fourth-order valence-corrected chi connectivity index (χ4v) is 1.73. The number of nitrogens with zero attached hydrogens (tertiary/aromatic N) is 1. The number of pyridine rings is 1. The topological polar surface area (TPSA) is 34.2 Å². The van der Waals surface area contributed by atoms with E-state index >= 15 is 0 Å². The van der Waals surface area contributed by atoms with Gasteiger partial charge in [-0.05, 0) is 30.3 Å². The van der Waals surface area contributed by atoms with Gasteiger partial charge in [-0.1, -0.05) is 36.7 Å². The molecule has 1 heterocycles. The minimum atomic E-state index is 0.433. The largest absolute Gasteiger partial charge is 0.438 e. The molecular weight excluding hydrogens is 248 g/mol. The van der Waals surface area contributed by atoms with Crippen molar-refractivity contribution in [3.05, 3.63) is 53.2 Å². The Kier molecular flexibility index (Phi) is 4.56. The van der Waals surface area contributed by atoms with E-state index in [1.54, 1.807) is 6.20 Å². The Labute approximate surface area is 112 Å². The summed E-state index contributed by atoms with van der Waals surface area (Å²) in [5.74, 6) is 1.16. The van der Waals surface area contributed by atoms with Crippen molar-refractivity contribution in [3.8, 4) is 11.6 Å². The smallest absolute Gasteiger partial charge is 0.238 e. The molecule has 0 amide bonds.